The molecule has 0 spiro atoms. The van der Waals surface area contributed by atoms with Crippen LogP contribution in [0.2, 0.25) is 0 Å². The second kappa shape index (κ2) is 7.60. The van der Waals surface area contributed by atoms with E-state index in [1.165, 1.54) is 0 Å². The Labute approximate surface area is 173 Å². The number of aromatic hydroxyl groups is 1. The zero-order valence-electron chi connectivity index (χ0n) is 15.9. The fourth-order valence-electron chi connectivity index (χ4n) is 3.21. The lowest BCUT2D eigenvalue weighted by atomic mass is 10.1. The predicted octanol–water partition coefficient (Wildman–Crippen LogP) is 5.64. The summed E-state index contributed by atoms with van der Waals surface area (Å²) < 4.78 is 7.51. The highest BCUT2D eigenvalue weighted by Crippen LogP contribution is 2.31. The van der Waals surface area contributed by atoms with Crippen molar-refractivity contribution in [3.05, 3.63) is 97.3 Å². The number of hydrogen-bond acceptors (Lipinski definition) is 5. The number of benzene rings is 3. The first-order valence-corrected chi connectivity index (χ1v) is 9.49. The van der Waals surface area contributed by atoms with E-state index < -0.39 is 0 Å². The number of fused-ring (bicyclic) bond motifs is 1. The molecule has 0 saturated heterocycles. The van der Waals surface area contributed by atoms with Crippen LogP contribution in [0.5, 0.6) is 17.2 Å². The third kappa shape index (κ3) is 3.54. The predicted molar refractivity (Wildman–Crippen MR) is 116 cm³/mol. The Hall–Kier alpha value is -4.32. The van der Waals surface area contributed by atoms with Crippen molar-refractivity contribution in [1.82, 2.24) is 14.6 Å². The monoisotopic (exact) mass is 394 g/mol. The van der Waals surface area contributed by atoms with Gasteiger partial charge in [-0.1, -0.05) is 36.4 Å². The number of phenolic OH excluding ortho intramolecular Hbond substituents is 1. The zero-order chi connectivity index (χ0) is 20.3. The quantitative estimate of drug-likeness (QED) is 0.404. The van der Waals surface area contributed by atoms with Crippen molar-refractivity contribution < 1.29 is 9.84 Å². The summed E-state index contributed by atoms with van der Waals surface area (Å²) in [6, 6.07) is 26.3. The SMILES string of the molecule is Oc1ccccc1-c1cnn2ccc(Nc3ccc(Oc4ccccc4)cc3)nc12. The molecule has 0 fully saturated rings. The molecule has 0 saturated carbocycles. The molecule has 3 aromatic carbocycles. The first kappa shape index (κ1) is 17.8. The molecule has 0 amide bonds. The maximum Gasteiger partial charge on any atom is 0.165 e. The van der Waals surface area contributed by atoms with Crippen LogP contribution < -0.4 is 10.1 Å². The van der Waals surface area contributed by atoms with Crippen molar-refractivity contribution in [3.63, 3.8) is 0 Å². The number of anilines is 2. The summed E-state index contributed by atoms with van der Waals surface area (Å²) in [5.41, 5.74) is 3.00. The van der Waals surface area contributed by atoms with Crippen molar-refractivity contribution in [2.75, 3.05) is 5.32 Å². The van der Waals surface area contributed by atoms with E-state index in [9.17, 15) is 5.11 Å². The standard InChI is InChI=1S/C24H18N4O2/c29-22-9-5-4-8-20(22)21-16-25-28-15-14-23(27-24(21)28)26-17-10-12-19(13-11-17)30-18-6-2-1-3-7-18/h1-16,29H,(H,26,27). The van der Waals surface area contributed by atoms with Crippen molar-refractivity contribution in [2.24, 2.45) is 0 Å². The summed E-state index contributed by atoms with van der Waals surface area (Å²) in [5.74, 6) is 2.42. The van der Waals surface area contributed by atoms with Crippen LogP contribution in [0, 0.1) is 0 Å². The van der Waals surface area contributed by atoms with Crippen LogP contribution >= 0.6 is 0 Å². The lowest BCUT2D eigenvalue weighted by molar-refractivity contribution is 0.477. The summed E-state index contributed by atoms with van der Waals surface area (Å²) in [4.78, 5) is 4.69. The largest absolute Gasteiger partial charge is 0.507 e. The molecule has 0 aliphatic heterocycles. The summed E-state index contributed by atoms with van der Waals surface area (Å²) in [5, 5.41) is 17.8. The second-order valence-corrected chi connectivity index (χ2v) is 6.72. The van der Waals surface area contributed by atoms with Crippen molar-refractivity contribution >= 4 is 17.2 Å². The van der Waals surface area contributed by atoms with Crippen molar-refractivity contribution in [2.45, 2.75) is 0 Å². The van der Waals surface area contributed by atoms with Crippen LogP contribution in [0.4, 0.5) is 11.5 Å². The number of aromatic nitrogens is 3. The maximum atomic E-state index is 10.2. The summed E-state index contributed by atoms with van der Waals surface area (Å²) in [6.07, 6.45) is 3.54. The molecule has 30 heavy (non-hydrogen) atoms. The van der Waals surface area contributed by atoms with Gasteiger partial charge in [0.2, 0.25) is 0 Å². The Kier molecular flexibility index (Phi) is 4.50. The molecule has 0 aliphatic rings. The van der Waals surface area contributed by atoms with Crippen LogP contribution in [-0.2, 0) is 0 Å². The molecule has 0 radical (unpaired) electrons. The molecule has 2 N–H and O–H groups in total. The summed E-state index contributed by atoms with van der Waals surface area (Å²) >= 11 is 0. The Bertz CT molecular complexity index is 1300. The Morgan fingerprint density at radius 3 is 2.30 bits per heavy atom. The Balaban J connectivity index is 1.39. The lowest BCUT2D eigenvalue weighted by Gasteiger charge is -2.09. The average molecular weight is 394 g/mol. The highest BCUT2D eigenvalue weighted by Gasteiger charge is 2.12. The van der Waals surface area contributed by atoms with E-state index in [-0.39, 0.29) is 5.75 Å². The smallest absolute Gasteiger partial charge is 0.165 e. The van der Waals surface area contributed by atoms with Crippen molar-refractivity contribution in [1.29, 1.82) is 0 Å². The van der Waals surface area contributed by atoms with Gasteiger partial charge in [0.1, 0.15) is 23.1 Å². The molecular weight excluding hydrogens is 376 g/mol. The van der Waals surface area contributed by atoms with E-state index in [1.807, 2.05) is 79.0 Å². The minimum Gasteiger partial charge on any atom is -0.507 e. The number of hydrogen-bond donors (Lipinski definition) is 2. The molecule has 0 aliphatic carbocycles. The number of para-hydroxylation sites is 2. The van der Waals surface area contributed by atoms with E-state index in [0.717, 1.165) is 22.7 Å². The lowest BCUT2D eigenvalue weighted by Crippen LogP contribution is -1.97. The minimum atomic E-state index is 0.196. The molecule has 5 rings (SSSR count). The normalized spacial score (nSPS) is 10.8. The second-order valence-electron chi connectivity index (χ2n) is 6.72. The van der Waals surface area contributed by atoms with Gasteiger partial charge < -0.3 is 15.2 Å². The van der Waals surface area contributed by atoms with Gasteiger partial charge in [-0.2, -0.15) is 5.10 Å². The van der Waals surface area contributed by atoms with Crippen LogP contribution in [0.25, 0.3) is 16.8 Å². The third-order valence-electron chi connectivity index (χ3n) is 4.67. The van der Waals surface area contributed by atoms with Gasteiger partial charge in [0.25, 0.3) is 0 Å². The van der Waals surface area contributed by atoms with E-state index in [2.05, 4.69) is 15.4 Å². The topological polar surface area (TPSA) is 71.7 Å². The number of nitrogens with zero attached hydrogens (tertiary/aromatic N) is 3. The number of rotatable bonds is 5. The number of ether oxygens (including phenoxy) is 1. The third-order valence-corrected chi connectivity index (χ3v) is 4.67. The minimum absolute atomic E-state index is 0.196. The van der Waals surface area contributed by atoms with Gasteiger partial charge in [0.15, 0.2) is 5.65 Å². The van der Waals surface area contributed by atoms with Gasteiger partial charge in [0.05, 0.1) is 11.8 Å². The van der Waals surface area contributed by atoms with Gasteiger partial charge in [0, 0.05) is 17.4 Å². The number of nitrogens with one attached hydrogen (secondary N) is 1. The molecular formula is C24H18N4O2. The number of phenols is 1. The molecule has 2 aromatic heterocycles. The van der Waals surface area contributed by atoms with E-state index in [4.69, 9.17) is 4.74 Å². The summed E-state index contributed by atoms with van der Waals surface area (Å²) in [7, 11) is 0. The van der Waals surface area contributed by atoms with Gasteiger partial charge in [-0.15, -0.1) is 0 Å². The fourth-order valence-corrected chi connectivity index (χ4v) is 3.21. The summed E-state index contributed by atoms with van der Waals surface area (Å²) in [6.45, 7) is 0. The molecule has 146 valence electrons. The molecule has 5 aromatic rings. The van der Waals surface area contributed by atoms with Crippen LogP contribution in [0.1, 0.15) is 0 Å². The van der Waals surface area contributed by atoms with Gasteiger partial charge in [-0.3, -0.25) is 0 Å². The molecule has 0 unspecified atom stereocenters. The van der Waals surface area contributed by atoms with Gasteiger partial charge in [-0.05, 0) is 48.5 Å². The highest BCUT2D eigenvalue weighted by molar-refractivity contribution is 5.81. The Morgan fingerprint density at radius 1 is 0.767 bits per heavy atom. The molecule has 6 nitrogen and oxygen atoms in total. The molecule has 2 heterocycles. The van der Waals surface area contributed by atoms with Gasteiger partial charge in [-0.25, -0.2) is 9.50 Å². The van der Waals surface area contributed by atoms with Gasteiger partial charge >= 0.3 is 0 Å². The highest BCUT2D eigenvalue weighted by atomic mass is 16.5. The maximum absolute atomic E-state index is 10.2. The van der Waals surface area contributed by atoms with E-state index in [1.54, 1.807) is 22.8 Å². The first-order chi connectivity index (χ1) is 14.8. The zero-order valence-corrected chi connectivity index (χ0v) is 15.9. The van der Waals surface area contributed by atoms with Crippen LogP contribution in [0.3, 0.4) is 0 Å². The van der Waals surface area contributed by atoms with Crippen molar-refractivity contribution in [3.8, 4) is 28.4 Å². The molecule has 6 heteroatoms. The van der Waals surface area contributed by atoms with E-state index >= 15 is 0 Å². The average Bonchev–Trinajstić information content (AvgIpc) is 3.19. The first-order valence-electron chi connectivity index (χ1n) is 9.49. The van der Waals surface area contributed by atoms with Crippen LogP contribution in [0.15, 0.2) is 97.3 Å². The van der Waals surface area contributed by atoms with E-state index in [0.29, 0.717) is 17.0 Å². The Morgan fingerprint density at radius 2 is 1.50 bits per heavy atom. The molecule has 0 bridgehead atoms. The molecule has 0 atom stereocenters. The fraction of sp³-hybridized carbons (Fsp3) is 0. The van der Waals surface area contributed by atoms with Crippen LogP contribution in [-0.4, -0.2) is 19.7 Å².